The molecule has 19 heavy (non-hydrogen) atoms. The van der Waals surface area contributed by atoms with E-state index >= 15 is 0 Å². The maximum absolute atomic E-state index is 13.4. The molecule has 0 spiro atoms. The summed E-state index contributed by atoms with van der Waals surface area (Å²) in [5.74, 6) is -1.31. The highest BCUT2D eigenvalue weighted by Crippen LogP contribution is 2.23. The van der Waals surface area contributed by atoms with Crippen LogP contribution in [0.3, 0.4) is 0 Å². The third-order valence-corrected chi connectivity index (χ3v) is 3.36. The van der Waals surface area contributed by atoms with Crippen molar-refractivity contribution in [3.8, 4) is 5.69 Å². The van der Waals surface area contributed by atoms with Crippen molar-refractivity contribution in [2.24, 2.45) is 0 Å². The first-order valence-corrected chi connectivity index (χ1v) is 6.62. The number of aromatic nitrogens is 2. The smallest absolute Gasteiger partial charge is 0.313 e. The van der Waals surface area contributed by atoms with E-state index in [1.807, 2.05) is 13.0 Å². The van der Waals surface area contributed by atoms with Gasteiger partial charge in [0.05, 0.1) is 17.1 Å². The molecule has 0 fully saturated rings. The minimum absolute atomic E-state index is 0.0786. The second kappa shape index (κ2) is 5.44. The highest BCUT2D eigenvalue weighted by Gasteiger charge is 2.11. The van der Waals surface area contributed by atoms with Crippen LogP contribution in [0.5, 0.6) is 0 Å². The molecular formula is C13H13FN2O2S. The van der Waals surface area contributed by atoms with Crippen molar-refractivity contribution in [3.63, 3.8) is 0 Å². The predicted octanol–water partition coefficient (Wildman–Crippen LogP) is 2.80. The standard InChI is InChI=1S/C13H13FN2O2S/c1-8-3-10(14)5-11(4-8)16-6-9(2)15-13(16)19-7-12(17)18/h3-6H,7H2,1-2H3,(H,17,18). The summed E-state index contributed by atoms with van der Waals surface area (Å²) in [5, 5.41) is 9.26. The summed E-state index contributed by atoms with van der Waals surface area (Å²) >= 11 is 1.11. The minimum atomic E-state index is -0.910. The monoisotopic (exact) mass is 280 g/mol. The molecule has 100 valence electrons. The maximum atomic E-state index is 13.4. The summed E-state index contributed by atoms with van der Waals surface area (Å²) in [7, 11) is 0. The van der Waals surface area contributed by atoms with E-state index in [-0.39, 0.29) is 11.6 Å². The SMILES string of the molecule is Cc1cc(F)cc(-n2cc(C)nc2SCC(=O)O)c1. The number of halogens is 1. The molecule has 0 bridgehead atoms. The van der Waals surface area contributed by atoms with Crippen LogP contribution in [0, 0.1) is 19.7 Å². The Morgan fingerprint density at radius 1 is 1.42 bits per heavy atom. The van der Waals surface area contributed by atoms with E-state index in [9.17, 15) is 9.18 Å². The molecule has 6 heteroatoms. The molecule has 0 aliphatic heterocycles. The fourth-order valence-electron chi connectivity index (χ4n) is 1.74. The van der Waals surface area contributed by atoms with Gasteiger partial charge >= 0.3 is 5.97 Å². The van der Waals surface area contributed by atoms with Crippen molar-refractivity contribution < 1.29 is 14.3 Å². The number of rotatable bonds is 4. The Bertz CT molecular complexity index is 605. The van der Waals surface area contributed by atoms with Gasteiger partial charge in [-0.3, -0.25) is 9.36 Å². The first-order chi connectivity index (χ1) is 8.95. The third kappa shape index (κ3) is 3.35. The molecule has 0 saturated heterocycles. The molecule has 0 amide bonds. The van der Waals surface area contributed by atoms with E-state index in [2.05, 4.69) is 4.98 Å². The summed E-state index contributed by atoms with van der Waals surface area (Å²) < 4.78 is 15.1. The van der Waals surface area contributed by atoms with E-state index in [1.165, 1.54) is 12.1 Å². The van der Waals surface area contributed by atoms with Crippen LogP contribution < -0.4 is 0 Å². The van der Waals surface area contributed by atoms with Crippen LogP contribution >= 0.6 is 11.8 Å². The molecule has 1 aromatic carbocycles. The number of carbonyl (C=O) groups is 1. The van der Waals surface area contributed by atoms with Gasteiger partial charge in [-0.2, -0.15) is 0 Å². The van der Waals surface area contributed by atoms with Gasteiger partial charge in [0, 0.05) is 6.20 Å². The van der Waals surface area contributed by atoms with Gasteiger partial charge in [0.2, 0.25) is 0 Å². The average Bonchev–Trinajstić information content (AvgIpc) is 2.66. The number of thioether (sulfide) groups is 1. The van der Waals surface area contributed by atoms with Gasteiger partial charge in [-0.15, -0.1) is 0 Å². The summed E-state index contributed by atoms with van der Waals surface area (Å²) in [6, 6.07) is 4.67. The Hall–Kier alpha value is -1.82. The van der Waals surface area contributed by atoms with E-state index in [1.54, 1.807) is 17.7 Å². The van der Waals surface area contributed by atoms with E-state index in [0.29, 0.717) is 10.8 Å². The number of hydrogen-bond acceptors (Lipinski definition) is 3. The number of aliphatic carboxylic acids is 1. The number of aryl methyl sites for hydroxylation is 2. The Morgan fingerprint density at radius 3 is 2.79 bits per heavy atom. The van der Waals surface area contributed by atoms with Crippen molar-refractivity contribution in [3.05, 3.63) is 41.5 Å². The molecule has 0 radical (unpaired) electrons. The molecule has 0 atom stereocenters. The van der Waals surface area contributed by atoms with Gasteiger partial charge in [-0.25, -0.2) is 9.37 Å². The van der Waals surface area contributed by atoms with Crippen molar-refractivity contribution >= 4 is 17.7 Å². The van der Waals surface area contributed by atoms with Gasteiger partial charge in [-0.1, -0.05) is 11.8 Å². The third-order valence-electron chi connectivity index (χ3n) is 2.42. The first kappa shape index (κ1) is 13.6. The number of carboxylic acid groups (broad SMARTS) is 1. The largest absolute Gasteiger partial charge is 0.481 e. The lowest BCUT2D eigenvalue weighted by Crippen LogP contribution is -2.01. The zero-order chi connectivity index (χ0) is 14.0. The second-order valence-corrected chi connectivity index (χ2v) is 5.15. The first-order valence-electron chi connectivity index (χ1n) is 5.64. The molecule has 2 rings (SSSR count). The molecule has 1 aromatic heterocycles. The maximum Gasteiger partial charge on any atom is 0.313 e. The summed E-state index contributed by atoms with van der Waals surface area (Å²) in [6.07, 6.45) is 1.76. The van der Waals surface area contributed by atoms with Crippen molar-refractivity contribution in [1.29, 1.82) is 0 Å². The number of imidazole rings is 1. The Labute approximate surface area is 114 Å². The predicted molar refractivity (Wildman–Crippen MR) is 71.4 cm³/mol. The lowest BCUT2D eigenvalue weighted by atomic mass is 10.2. The lowest BCUT2D eigenvalue weighted by molar-refractivity contribution is -0.133. The van der Waals surface area contributed by atoms with Gasteiger partial charge in [0.15, 0.2) is 5.16 Å². The number of nitrogens with zero attached hydrogens (tertiary/aromatic N) is 2. The Morgan fingerprint density at radius 2 is 2.16 bits per heavy atom. The van der Waals surface area contributed by atoms with Crippen LogP contribution in [-0.2, 0) is 4.79 Å². The highest BCUT2D eigenvalue weighted by atomic mass is 32.2. The van der Waals surface area contributed by atoms with E-state index in [0.717, 1.165) is 23.0 Å². The molecule has 0 aliphatic rings. The lowest BCUT2D eigenvalue weighted by Gasteiger charge is -2.07. The van der Waals surface area contributed by atoms with E-state index in [4.69, 9.17) is 5.11 Å². The van der Waals surface area contributed by atoms with Gasteiger partial charge in [-0.05, 0) is 37.6 Å². The molecule has 1 N–H and O–H groups in total. The Balaban J connectivity index is 2.40. The van der Waals surface area contributed by atoms with Crippen LogP contribution in [0.4, 0.5) is 4.39 Å². The fraction of sp³-hybridized carbons (Fsp3) is 0.231. The van der Waals surface area contributed by atoms with Gasteiger partial charge in [0.1, 0.15) is 5.82 Å². The molecule has 0 aliphatic carbocycles. The second-order valence-electron chi connectivity index (χ2n) is 4.20. The van der Waals surface area contributed by atoms with Crippen LogP contribution in [0.15, 0.2) is 29.6 Å². The van der Waals surface area contributed by atoms with Crippen molar-refractivity contribution in [2.75, 3.05) is 5.75 Å². The zero-order valence-electron chi connectivity index (χ0n) is 10.6. The fourth-order valence-corrected chi connectivity index (χ4v) is 2.50. The van der Waals surface area contributed by atoms with Crippen LogP contribution in [-0.4, -0.2) is 26.4 Å². The summed E-state index contributed by atoms with van der Waals surface area (Å²) in [5.41, 5.74) is 2.20. The summed E-state index contributed by atoms with van der Waals surface area (Å²) in [4.78, 5) is 14.9. The van der Waals surface area contributed by atoms with E-state index < -0.39 is 5.97 Å². The van der Waals surface area contributed by atoms with Crippen molar-refractivity contribution in [1.82, 2.24) is 9.55 Å². The molecule has 0 saturated carbocycles. The molecule has 4 nitrogen and oxygen atoms in total. The molecule has 1 heterocycles. The van der Waals surface area contributed by atoms with Crippen LogP contribution in [0.1, 0.15) is 11.3 Å². The van der Waals surface area contributed by atoms with Gasteiger partial charge in [0.25, 0.3) is 0 Å². The molecular weight excluding hydrogens is 267 g/mol. The zero-order valence-corrected chi connectivity index (χ0v) is 11.4. The normalized spacial score (nSPS) is 10.7. The van der Waals surface area contributed by atoms with Crippen LogP contribution in [0.2, 0.25) is 0 Å². The molecule has 2 aromatic rings. The number of benzene rings is 1. The van der Waals surface area contributed by atoms with Crippen LogP contribution in [0.25, 0.3) is 5.69 Å². The van der Waals surface area contributed by atoms with Crippen molar-refractivity contribution in [2.45, 2.75) is 19.0 Å². The minimum Gasteiger partial charge on any atom is -0.481 e. The number of carboxylic acids is 1. The quantitative estimate of drug-likeness (QED) is 0.875. The Kier molecular flexibility index (Phi) is 3.90. The van der Waals surface area contributed by atoms with Gasteiger partial charge < -0.3 is 5.11 Å². The topological polar surface area (TPSA) is 55.1 Å². The number of hydrogen-bond donors (Lipinski definition) is 1. The molecule has 0 unspecified atom stereocenters. The highest BCUT2D eigenvalue weighted by molar-refractivity contribution is 7.99. The summed E-state index contributed by atoms with van der Waals surface area (Å²) in [6.45, 7) is 3.62. The average molecular weight is 280 g/mol.